The first-order valence-corrected chi connectivity index (χ1v) is 5.96. The Balaban J connectivity index is 2.42. The number of methoxy groups -OCH3 is 2. The zero-order valence-electron chi connectivity index (χ0n) is 11.1. The Morgan fingerprint density at radius 1 is 1.28 bits per heavy atom. The standard InChI is InChI=1S/C14H21NO3/c1-4-18-9-5-8-15-11-12-10-13(16-2)6-7-14(12)17-3/h4,6-7,10,15H,1,5,8-9,11H2,2-3H3. The Bertz CT molecular complexity index is 366. The van der Waals surface area contributed by atoms with Crippen LogP contribution in [-0.2, 0) is 11.3 Å². The first kappa shape index (κ1) is 14.4. The van der Waals surface area contributed by atoms with Crippen LogP contribution in [0.25, 0.3) is 0 Å². The van der Waals surface area contributed by atoms with Crippen LogP contribution < -0.4 is 14.8 Å². The molecule has 0 fully saturated rings. The minimum atomic E-state index is 0.686. The van der Waals surface area contributed by atoms with Crippen LogP contribution >= 0.6 is 0 Å². The Morgan fingerprint density at radius 2 is 2.11 bits per heavy atom. The molecular formula is C14H21NO3. The maximum absolute atomic E-state index is 5.31. The second kappa shape index (κ2) is 8.42. The fourth-order valence-electron chi connectivity index (χ4n) is 1.61. The molecule has 100 valence electrons. The SMILES string of the molecule is C=COCCCNCc1cc(OC)ccc1OC. The summed E-state index contributed by atoms with van der Waals surface area (Å²) in [7, 11) is 3.33. The van der Waals surface area contributed by atoms with E-state index in [1.807, 2.05) is 18.2 Å². The molecule has 1 aromatic carbocycles. The molecule has 1 N–H and O–H groups in total. The number of ether oxygens (including phenoxy) is 3. The van der Waals surface area contributed by atoms with E-state index in [2.05, 4.69) is 11.9 Å². The Labute approximate surface area is 109 Å². The predicted octanol–water partition coefficient (Wildman–Crippen LogP) is 2.34. The lowest BCUT2D eigenvalue weighted by Gasteiger charge is -2.11. The van der Waals surface area contributed by atoms with Crippen LogP contribution in [0.2, 0.25) is 0 Å². The highest BCUT2D eigenvalue weighted by atomic mass is 16.5. The number of rotatable bonds is 9. The summed E-state index contributed by atoms with van der Waals surface area (Å²) >= 11 is 0. The van der Waals surface area contributed by atoms with Gasteiger partial charge in [-0.1, -0.05) is 6.58 Å². The van der Waals surface area contributed by atoms with E-state index in [4.69, 9.17) is 14.2 Å². The molecule has 0 aliphatic heterocycles. The molecular weight excluding hydrogens is 230 g/mol. The topological polar surface area (TPSA) is 39.7 Å². The fraction of sp³-hybridized carbons (Fsp3) is 0.429. The Hall–Kier alpha value is -1.68. The summed E-state index contributed by atoms with van der Waals surface area (Å²) in [5.74, 6) is 1.70. The van der Waals surface area contributed by atoms with Gasteiger partial charge in [0.25, 0.3) is 0 Å². The second-order valence-corrected chi connectivity index (χ2v) is 3.75. The summed E-state index contributed by atoms with van der Waals surface area (Å²) in [6.45, 7) is 5.81. The van der Waals surface area contributed by atoms with Gasteiger partial charge in [0, 0.05) is 12.1 Å². The third-order valence-electron chi connectivity index (χ3n) is 2.54. The number of benzene rings is 1. The minimum Gasteiger partial charge on any atom is -0.502 e. The van der Waals surface area contributed by atoms with Gasteiger partial charge < -0.3 is 19.5 Å². The van der Waals surface area contributed by atoms with Gasteiger partial charge in [-0.3, -0.25) is 0 Å². The highest BCUT2D eigenvalue weighted by Crippen LogP contribution is 2.23. The average molecular weight is 251 g/mol. The van der Waals surface area contributed by atoms with Crippen LogP contribution in [0.5, 0.6) is 11.5 Å². The smallest absolute Gasteiger partial charge is 0.123 e. The van der Waals surface area contributed by atoms with E-state index in [0.717, 1.165) is 36.6 Å². The van der Waals surface area contributed by atoms with Crippen molar-refractivity contribution in [1.29, 1.82) is 0 Å². The number of hydrogen-bond acceptors (Lipinski definition) is 4. The van der Waals surface area contributed by atoms with Crippen LogP contribution in [0.1, 0.15) is 12.0 Å². The third-order valence-corrected chi connectivity index (χ3v) is 2.54. The summed E-state index contributed by atoms with van der Waals surface area (Å²) in [4.78, 5) is 0. The summed E-state index contributed by atoms with van der Waals surface area (Å²) in [5.41, 5.74) is 1.08. The molecule has 4 heteroatoms. The number of nitrogens with one attached hydrogen (secondary N) is 1. The fourth-order valence-corrected chi connectivity index (χ4v) is 1.61. The van der Waals surface area contributed by atoms with E-state index in [9.17, 15) is 0 Å². The van der Waals surface area contributed by atoms with Crippen molar-refractivity contribution in [3.05, 3.63) is 36.6 Å². The molecule has 1 rings (SSSR count). The second-order valence-electron chi connectivity index (χ2n) is 3.75. The molecule has 1 aromatic rings. The molecule has 0 amide bonds. The van der Waals surface area contributed by atoms with E-state index >= 15 is 0 Å². The van der Waals surface area contributed by atoms with Crippen molar-refractivity contribution >= 4 is 0 Å². The van der Waals surface area contributed by atoms with E-state index in [1.54, 1.807) is 14.2 Å². The van der Waals surface area contributed by atoms with Gasteiger partial charge in [-0.15, -0.1) is 0 Å². The molecule has 0 unspecified atom stereocenters. The average Bonchev–Trinajstić information content (AvgIpc) is 2.42. The van der Waals surface area contributed by atoms with Crippen molar-refractivity contribution in [2.24, 2.45) is 0 Å². The number of hydrogen-bond donors (Lipinski definition) is 1. The van der Waals surface area contributed by atoms with Crippen molar-refractivity contribution in [2.45, 2.75) is 13.0 Å². The molecule has 0 bridgehead atoms. The lowest BCUT2D eigenvalue weighted by atomic mass is 10.2. The lowest BCUT2D eigenvalue weighted by molar-refractivity contribution is 0.244. The molecule has 0 aliphatic rings. The highest BCUT2D eigenvalue weighted by molar-refractivity contribution is 5.40. The molecule has 0 aromatic heterocycles. The van der Waals surface area contributed by atoms with Crippen molar-refractivity contribution in [3.8, 4) is 11.5 Å². The largest absolute Gasteiger partial charge is 0.502 e. The zero-order valence-corrected chi connectivity index (χ0v) is 11.1. The molecule has 0 radical (unpaired) electrons. The molecule has 0 saturated carbocycles. The van der Waals surface area contributed by atoms with Gasteiger partial charge in [0.05, 0.1) is 27.1 Å². The maximum Gasteiger partial charge on any atom is 0.123 e. The van der Waals surface area contributed by atoms with Crippen LogP contribution in [0.15, 0.2) is 31.0 Å². The summed E-state index contributed by atoms with van der Waals surface area (Å²) in [6.07, 6.45) is 2.41. The molecule has 0 atom stereocenters. The predicted molar refractivity (Wildman–Crippen MR) is 72.0 cm³/mol. The Kier molecular flexibility index (Phi) is 6.72. The first-order chi connectivity index (χ1) is 8.81. The van der Waals surface area contributed by atoms with E-state index in [0.29, 0.717) is 6.61 Å². The van der Waals surface area contributed by atoms with Crippen molar-refractivity contribution < 1.29 is 14.2 Å². The molecule has 0 heterocycles. The van der Waals surface area contributed by atoms with E-state index in [-0.39, 0.29) is 0 Å². The van der Waals surface area contributed by atoms with Crippen molar-refractivity contribution in [2.75, 3.05) is 27.4 Å². The van der Waals surface area contributed by atoms with Gasteiger partial charge >= 0.3 is 0 Å². The quantitative estimate of drug-likeness (QED) is 0.540. The van der Waals surface area contributed by atoms with E-state index in [1.165, 1.54) is 6.26 Å². The van der Waals surface area contributed by atoms with Gasteiger partial charge in [-0.25, -0.2) is 0 Å². The lowest BCUT2D eigenvalue weighted by Crippen LogP contribution is -2.16. The Morgan fingerprint density at radius 3 is 2.78 bits per heavy atom. The van der Waals surface area contributed by atoms with Gasteiger partial charge in [-0.05, 0) is 31.2 Å². The van der Waals surface area contributed by atoms with Crippen LogP contribution in [-0.4, -0.2) is 27.4 Å². The maximum atomic E-state index is 5.31. The zero-order chi connectivity index (χ0) is 13.2. The summed E-state index contributed by atoms with van der Waals surface area (Å²) in [6, 6.07) is 5.78. The molecule has 0 aliphatic carbocycles. The van der Waals surface area contributed by atoms with Gasteiger partial charge in [0.15, 0.2) is 0 Å². The highest BCUT2D eigenvalue weighted by Gasteiger charge is 2.04. The minimum absolute atomic E-state index is 0.686. The normalized spacial score (nSPS) is 9.89. The van der Waals surface area contributed by atoms with Gasteiger partial charge in [0.1, 0.15) is 11.5 Å². The molecule has 18 heavy (non-hydrogen) atoms. The summed E-state index contributed by atoms with van der Waals surface area (Å²) < 4.78 is 15.6. The van der Waals surface area contributed by atoms with Crippen molar-refractivity contribution in [1.82, 2.24) is 5.32 Å². The first-order valence-electron chi connectivity index (χ1n) is 5.96. The summed E-state index contributed by atoms with van der Waals surface area (Å²) in [5, 5.41) is 3.34. The molecule has 0 saturated heterocycles. The van der Waals surface area contributed by atoms with Crippen LogP contribution in [0, 0.1) is 0 Å². The monoisotopic (exact) mass is 251 g/mol. The molecule has 4 nitrogen and oxygen atoms in total. The van der Waals surface area contributed by atoms with Gasteiger partial charge in [-0.2, -0.15) is 0 Å². The van der Waals surface area contributed by atoms with Crippen LogP contribution in [0.3, 0.4) is 0 Å². The molecule has 0 spiro atoms. The van der Waals surface area contributed by atoms with E-state index < -0.39 is 0 Å². The van der Waals surface area contributed by atoms with Gasteiger partial charge in [0.2, 0.25) is 0 Å². The van der Waals surface area contributed by atoms with Crippen LogP contribution in [0.4, 0.5) is 0 Å². The third kappa shape index (κ3) is 4.67. The van der Waals surface area contributed by atoms with Crippen molar-refractivity contribution in [3.63, 3.8) is 0 Å².